The van der Waals surface area contributed by atoms with Crippen molar-refractivity contribution in [3.8, 4) is 11.8 Å². The average Bonchev–Trinajstić information content (AvgIpc) is 2.86. The van der Waals surface area contributed by atoms with Crippen LogP contribution < -0.4 is 4.74 Å². The van der Waals surface area contributed by atoms with E-state index in [1.54, 1.807) is 12.1 Å². The summed E-state index contributed by atoms with van der Waals surface area (Å²) in [7, 11) is 0. The van der Waals surface area contributed by atoms with Crippen LogP contribution in [0.25, 0.3) is 0 Å². The monoisotopic (exact) mass is 310 g/mol. The van der Waals surface area contributed by atoms with Gasteiger partial charge in [0.25, 0.3) is 0 Å². The molecular formula is C18H22N4O. The van der Waals surface area contributed by atoms with Crippen LogP contribution in [0.1, 0.15) is 29.2 Å². The van der Waals surface area contributed by atoms with Gasteiger partial charge in [-0.3, -0.25) is 4.90 Å². The van der Waals surface area contributed by atoms with Crippen molar-refractivity contribution in [2.75, 3.05) is 19.7 Å². The molecule has 0 atom stereocenters. The molecule has 0 aliphatic carbocycles. The molecule has 1 aromatic carbocycles. The molecule has 0 spiro atoms. The predicted octanol–water partition coefficient (Wildman–Crippen LogP) is 2.66. The smallest absolute Gasteiger partial charge is 0.123 e. The van der Waals surface area contributed by atoms with Gasteiger partial charge in [0.2, 0.25) is 0 Å². The van der Waals surface area contributed by atoms with Crippen molar-refractivity contribution >= 4 is 0 Å². The molecule has 0 amide bonds. The van der Waals surface area contributed by atoms with E-state index in [4.69, 9.17) is 10.00 Å². The van der Waals surface area contributed by atoms with E-state index in [-0.39, 0.29) is 0 Å². The van der Waals surface area contributed by atoms with Gasteiger partial charge >= 0.3 is 0 Å². The van der Waals surface area contributed by atoms with Crippen LogP contribution >= 0.6 is 0 Å². The summed E-state index contributed by atoms with van der Waals surface area (Å²) in [4.78, 5) is 7.09. The zero-order valence-electron chi connectivity index (χ0n) is 13.7. The van der Waals surface area contributed by atoms with Crippen molar-refractivity contribution in [3.05, 3.63) is 47.0 Å². The first-order valence-corrected chi connectivity index (χ1v) is 8.05. The number of aromatic nitrogens is 2. The second kappa shape index (κ2) is 6.84. The van der Waals surface area contributed by atoms with E-state index in [0.717, 1.165) is 44.0 Å². The van der Waals surface area contributed by atoms with Gasteiger partial charge in [0.15, 0.2) is 0 Å². The van der Waals surface area contributed by atoms with Gasteiger partial charge < -0.3 is 9.30 Å². The fourth-order valence-corrected chi connectivity index (χ4v) is 2.96. The summed E-state index contributed by atoms with van der Waals surface area (Å²) in [6, 6.07) is 9.37. The molecule has 2 heterocycles. The minimum absolute atomic E-state index is 0.659. The zero-order valence-corrected chi connectivity index (χ0v) is 13.7. The van der Waals surface area contributed by atoms with E-state index in [1.165, 1.54) is 11.5 Å². The van der Waals surface area contributed by atoms with Crippen molar-refractivity contribution in [2.45, 2.75) is 33.4 Å². The van der Waals surface area contributed by atoms with Crippen molar-refractivity contribution in [1.82, 2.24) is 14.5 Å². The highest BCUT2D eigenvalue weighted by Crippen LogP contribution is 2.17. The SMILES string of the molecule is Cc1nc2n(c1C)CCN(CCCOc1ccc(C#N)cc1)C2. The molecule has 0 bridgehead atoms. The molecule has 1 aliphatic heterocycles. The topological polar surface area (TPSA) is 54.1 Å². The maximum Gasteiger partial charge on any atom is 0.123 e. The molecular weight excluding hydrogens is 288 g/mol. The normalized spacial score (nSPS) is 14.3. The summed E-state index contributed by atoms with van der Waals surface area (Å²) in [6.07, 6.45) is 0.985. The van der Waals surface area contributed by atoms with E-state index in [0.29, 0.717) is 12.2 Å². The standard InChI is InChI=1S/C18H22N4O/c1-14-15(2)22-10-9-21(13-18(22)20-14)8-3-11-23-17-6-4-16(12-19)5-7-17/h4-7H,3,8-11,13H2,1-2H3. The quantitative estimate of drug-likeness (QED) is 0.797. The van der Waals surface area contributed by atoms with Gasteiger partial charge in [-0.15, -0.1) is 0 Å². The van der Waals surface area contributed by atoms with Crippen LogP contribution in [0.3, 0.4) is 0 Å². The number of nitriles is 1. The maximum absolute atomic E-state index is 8.77. The summed E-state index contributed by atoms with van der Waals surface area (Å²) >= 11 is 0. The number of hydrogen-bond donors (Lipinski definition) is 0. The lowest BCUT2D eigenvalue weighted by Crippen LogP contribution is -2.35. The highest BCUT2D eigenvalue weighted by molar-refractivity contribution is 5.34. The molecule has 5 heteroatoms. The highest BCUT2D eigenvalue weighted by Gasteiger charge is 2.19. The fraction of sp³-hybridized carbons (Fsp3) is 0.444. The molecule has 0 saturated carbocycles. The van der Waals surface area contributed by atoms with Gasteiger partial charge in [0.05, 0.1) is 30.5 Å². The molecule has 5 nitrogen and oxygen atoms in total. The Morgan fingerprint density at radius 2 is 2.00 bits per heavy atom. The Hall–Kier alpha value is -2.32. The Morgan fingerprint density at radius 3 is 2.74 bits per heavy atom. The fourth-order valence-electron chi connectivity index (χ4n) is 2.96. The van der Waals surface area contributed by atoms with Crippen molar-refractivity contribution in [1.29, 1.82) is 5.26 Å². The van der Waals surface area contributed by atoms with E-state index < -0.39 is 0 Å². The first-order valence-electron chi connectivity index (χ1n) is 8.05. The summed E-state index contributed by atoms with van der Waals surface area (Å²) in [5.74, 6) is 2.00. The van der Waals surface area contributed by atoms with Gasteiger partial charge in [-0.25, -0.2) is 4.98 Å². The molecule has 0 unspecified atom stereocenters. The van der Waals surface area contributed by atoms with E-state index in [9.17, 15) is 0 Å². The van der Waals surface area contributed by atoms with Crippen LogP contribution in [0, 0.1) is 25.2 Å². The summed E-state index contributed by atoms with van der Waals surface area (Å²) in [5, 5.41) is 8.77. The molecule has 23 heavy (non-hydrogen) atoms. The highest BCUT2D eigenvalue weighted by atomic mass is 16.5. The first-order chi connectivity index (χ1) is 11.2. The predicted molar refractivity (Wildman–Crippen MR) is 88.2 cm³/mol. The molecule has 0 saturated heterocycles. The van der Waals surface area contributed by atoms with Crippen molar-refractivity contribution in [3.63, 3.8) is 0 Å². The minimum atomic E-state index is 0.659. The molecule has 1 aliphatic rings. The second-order valence-corrected chi connectivity index (χ2v) is 5.96. The van der Waals surface area contributed by atoms with Crippen molar-refractivity contribution < 1.29 is 4.74 Å². The van der Waals surface area contributed by atoms with E-state index in [2.05, 4.69) is 34.4 Å². The average molecular weight is 310 g/mol. The Bertz CT molecular complexity index is 712. The third-order valence-corrected chi connectivity index (χ3v) is 4.41. The number of hydrogen-bond acceptors (Lipinski definition) is 4. The summed E-state index contributed by atoms with van der Waals surface area (Å²) < 4.78 is 8.06. The van der Waals surface area contributed by atoms with Gasteiger partial charge in [-0.1, -0.05) is 0 Å². The zero-order chi connectivity index (χ0) is 16.2. The lowest BCUT2D eigenvalue weighted by molar-refractivity contribution is 0.194. The number of ether oxygens (including phenoxy) is 1. The molecule has 3 rings (SSSR count). The van der Waals surface area contributed by atoms with Crippen LogP contribution in [0.15, 0.2) is 24.3 Å². The Balaban J connectivity index is 1.44. The molecule has 0 radical (unpaired) electrons. The Morgan fingerprint density at radius 1 is 1.22 bits per heavy atom. The van der Waals surface area contributed by atoms with Crippen LogP contribution in [0.5, 0.6) is 5.75 Å². The number of fused-ring (bicyclic) bond motifs is 1. The number of nitrogens with zero attached hydrogens (tertiary/aromatic N) is 4. The summed E-state index contributed by atoms with van der Waals surface area (Å²) in [5.41, 5.74) is 3.10. The second-order valence-electron chi connectivity index (χ2n) is 5.96. The van der Waals surface area contributed by atoms with Crippen LogP contribution in [-0.4, -0.2) is 34.1 Å². The van der Waals surface area contributed by atoms with Gasteiger partial charge in [0, 0.05) is 25.3 Å². The molecule has 120 valence electrons. The molecule has 0 N–H and O–H groups in total. The lowest BCUT2D eigenvalue weighted by Gasteiger charge is -2.28. The third-order valence-electron chi connectivity index (χ3n) is 4.41. The number of aryl methyl sites for hydroxylation is 1. The number of rotatable bonds is 5. The van der Waals surface area contributed by atoms with E-state index >= 15 is 0 Å². The number of benzene rings is 1. The van der Waals surface area contributed by atoms with Crippen LogP contribution in [-0.2, 0) is 13.1 Å². The molecule has 0 fully saturated rings. The minimum Gasteiger partial charge on any atom is -0.494 e. The molecule has 1 aromatic heterocycles. The maximum atomic E-state index is 8.77. The first kappa shape index (κ1) is 15.6. The van der Waals surface area contributed by atoms with Gasteiger partial charge in [-0.2, -0.15) is 5.26 Å². The van der Waals surface area contributed by atoms with E-state index in [1.807, 2.05) is 12.1 Å². The van der Waals surface area contributed by atoms with Crippen LogP contribution in [0.4, 0.5) is 0 Å². The van der Waals surface area contributed by atoms with Gasteiger partial charge in [0.1, 0.15) is 11.6 Å². The third kappa shape index (κ3) is 3.54. The Labute approximate surface area is 137 Å². The molecule has 2 aromatic rings. The van der Waals surface area contributed by atoms with Gasteiger partial charge in [-0.05, 0) is 44.5 Å². The Kier molecular flexibility index (Phi) is 4.63. The lowest BCUT2D eigenvalue weighted by atomic mass is 10.2. The van der Waals surface area contributed by atoms with Crippen molar-refractivity contribution in [2.24, 2.45) is 0 Å². The number of imidazole rings is 1. The summed E-state index contributed by atoms with van der Waals surface area (Å²) in [6.45, 7) is 8.95. The van der Waals surface area contributed by atoms with Crippen LogP contribution in [0.2, 0.25) is 0 Å². The largest absolute Gasteiger partial charge is 0.494 e.